The average molecular weight is 287 g/mol. The Labute approximate surface area is 103 Å². The normalized spacial score (nSPS) is 10.1. The molecule has 1 rings (SSSR count). The Morgan fingerprint density at radius 2 is 2.31 bits per heavy atom. The quantitative estimate of drug-likeness (QED) is 0.362. The summed E-state index contributed by atoms with van der Waals surface area (Å²) in [5, 5.41) is 0. The van der Waals surface area contributed by atoms with Crippen molar-refractivity contribution in [1.82, 2.24) is 5.43 Å². The van der Waals surface area contributed by atoms with Crippen molar-refractivity contribution in [2.75, 3.05) is 6.61 Å². The van der Waals surface area contributed by atoms with Crippen LogP contribution in [0, 0.1) is 0 Å². The molecule has 0 bridgehead atoms. The molecule has 5 heteroatoms. The highest BCUT2D eigenvalue weighted by molar-refractivity contribution is 9.10. The van der Waals surface area contributed by atoms with Crippen molar-refractivity contribution in [1.29, 1.82) is 0 Å². The zero-order chi connectivity index (χ0) is 11.8. The first-order valence-corrected chi connectivity index (χ1v) is 5.83. The van der Waals surface area contributed by atoms with E-state index in [2.05, 4.69) is 21.4 Å². The minimum absolute atomic E-state index is 0.161. The number of benzene rings is 1. The molecule has 3 N–H and O–H groups in total. The van der Waals surface area contributed by atoms with Gasteiger partial charge in [0.25, 0.3) is 0 Å². The molecule has 0 aliphatic rings. The number of nitrogens with two attached hydrogens (primary N) is 1. The fourth-order valence-electron chi connectivity index (χ4n) is 1.22. The number of hydrazine groups is 1. The Balaban J connectivity index is 2.14. The van der Waals surface area contributed by atoms with Gasteiger partial charge in [0.15, 0.2) is 0 Å². The highest BCUT2D eigenvalue weighted by atomic mass is 79.9. The van der Waals surface area contributed by atoms with E-state index in [4.69, 9.17) is 10.6 Å². The van der Waals surface area contributed by atoms with E-state index >= 15 is 0 Å². The van der Waals surface area contributed by atoms with Crippen LogP contribution in [0.4, 0.5) is 0 Å². The van der Waals surface area contributed by atoms with Crippen LogP contribution < -0.4 is 11.3 Å². The summed E-state index contributed by atoms with van der Waals surface area (Å²) in [5.41, 5.74) is 3.19. The maximum absolute atomic E-state index is 10.8. The molecule has 0 atom stereocenters. The third kappa shape index (κ3) is 5.25. The third-order valence-electron chi connectivity index (χ3n) is 2.01. The van der Waals surface area contributed by atoms with Gasteiger partial charge in [0.2, 0.25) is 5.91 Å². The number of carbonyl (C=O) groups is 1. The van der Waals surface area contributed by atoms with E-state index < -0.39 is 0 Å². The van der Waals surface area contributed by atoms with Crippen molar-refractivity contribution in [3.05, 3.63) is 34.3 Å². The zero-order valence-corrected chi connectivity index (χ0v) is 10.5. The molecule has 4 nitrogen and oxygen atoms in total. The molecule has 1 amide bonds. The summed E-state index contributed by atoms with van der Waals surface area (Å²) in [6, 6.07) is 7.93. The SMILES string of the molecule is NNC(=O)CCCOCc1cccc(Br)c1. The minimum Gasteiger partial charge on any atom is -0.377 e. The van der Waals surface area contributed by atoms with Crippen molar-refractivity contribution < 1.29 is 9.53 Å². The predicted molar refractivity (Wildman–Crippen MR) is 65.4 cm³/mol. The fourth-order valence-corrected chi connectivity index (χ4v) is 1.67. The van der Waals surface area contributed by atoms with Crippen molar-refractivity contribution in [3.8, 4) is 0 Å². The number of ether oxygens (including phenoxy) is 1. The van der Waals surface area contributed by atoms with E-state index in [-0.39, 0.29) is 5.91 Å². The van der Waals surface area contributed by atoms with E-state index in [1.165, 1.54) is 0 Å². The highest BCUT2D eigenvalue weighted by Gasteiger charge is 1.98. The van der Waals surface area contributed by atoms with Crippen LogP contribution in [0.15, 0.2) is 28.7 Å². The number of halogens is 1. The van der Waals surface area contributed by atoms with E-state index in [0.29, 0.717) is 26.1 Å². The van der Waals surface area contributed by atoms with Crippen molar-refractivity contribution in [3.63, 3.8) is 0 Å². The summed E-state index contributed by atoms with van der Waals surface area (Å²) < 4.78 is 6.47. The topological polar surface area (TPSA) is 64.3 Å². The second kappa shape index (κ2) is 7.38. The first-order valence-electron chi connectivity index (χ1n) is 5.04. The number of hydrogen-bond acceptors (Lipinski definition) is 3. The van der Waals surface area contributed by atoms with Gasteiger partial charge in [-0.2, -0.15) is 0 Å². The monoisotopic (exact) mass is 286 g/mol. The number of nitrogens with one attached hydrogen (secondary N) is 1. The first kappa shape index (κ1) is 13.2. The number of hydrogen-bond donors (Lipinski definition) is 2. The molecule has 0 saturated heterocycles. The Morgan fingerprint density at radius 1 is 1.50 bits per heavy atom. The molecule has 0 spiro atoms. The second-order valence-electron chi connectivity index (χ2n) is 3.35. The Bertz CT molecular complexity index is 345. The van der Waals surface area contributed by atoms with Crippen LogP contribution in [-0.4, -0.2) is 12.5 Å². The van der Waals surface area contributed by atoms with Gasteiger partial charge in [0, 0.05) is 17.5 Å². The standard InChI is InChI=1S/C11H15BrN2O2/c12-10-4-1-3-9(7-10)8-16-6-2-5-11(15)14-13/h1,3-4,7H,2,5-6,8,13H2,(H,14,15). The molecular formula is C11H15BrN2O2. The summed E-state index contributed by atoms with van der Waals surface area (Å²) in [7, 11) is 0. The lowest BCUT2D eigenvalue weighted by molar-refractivity contribution is -0.121. The Hall–Kier alpha value is -0.910. The molecule has 0 aromatic heterocycles. The third-order valence-corrected chi connectivity index (χ3v) is 2.50. The summed E-state index contributed by atoms with van der Waals surface area (Å²) >= 11 is 3.39. The van der Waals surface area contributed by atoms with E-state index in [1.54, 1.807) is 0 Å². The van der Waals surface area contributed by atoms with Gasteiger partial charge in [-0.3, -0.25) is 10.2 Å². The van der Waals surface area contributed by atoms with Gasteiger partial charge < -0.3 is 4.74 Å². The van der Waals surface area contributed by atoms with Gasteiger partial charge in [0.1, 0.15) is 0 Å². The average Bonchev–Trinajstić information content (AvgIpc) is 2.28. The largest absolute Gasteiger partial charge is 0.377 e. The van der Waals surface area contributed by atoms with Crippen LogP contribution >= 0.6 is 15.9 Å². The van der Waals surface area contributed by atoms with Crippen LogP contribution in [0.2, 0.25) is 0 Å². The van der Waals surface area contributed by atoms with Crippen LogP contribution in [0.3, 0.4) is 0 Å². The van der Waals surface area contributed by atoms with E-state index in [0.717, 1.165) is 10.0 Å². The van der Waals surface area contributed by atoms with Gasteiger partial charge in [-0.05, 0) is 24.1 Å². The molecule has 0 radical (unpaired) electrons. The molecule has 0 fully saturated rings. The second-order valence-corrected chi connectivity index (χ2v) is 4.27. The lowest BCUT2D eigenvalue weighted by Gasteiger charge is -2.04. The van der Waals surface area contributed by atoms with Crippen LogP contribution in [0.25, 0.3) is 0 Å². The van der Waals surface area contributed by atoms with E-state index in [9.17, 15) is 4.79 Å². The molecule has 88 valence electrons. The molecule has 1 aromatic rings. The fraction of sp³-hybridized carbons (Fsp3) is 0.364. The highest BCUT2D eigenvalue weighted by Crippen LogP contribution is 2.12. The van der Waals surface area contributed by atoms with Crippen molar-refractivity contribution in [2.24, 2.45) is 5.84 Å². The molecule has 0 aliphatic heterocycles. The lowest BCUT2D eigenvalue weighted by atomic mass is 10.2. The number of carbonyl (C=O) groups excluding carboxylic acids is 1. The Morgan fingerprint density at radius 3 is 3.00 bits per heavy atom. The molecule has 0 aliphatic carbocycles. The molecule has 1 aromatic carbocycles. The van der Waals surface area contributed by atoms with Gasteiger partial charge in [-0.1, -0.05) is 28.1 Å². The van der Waals surface area contributed by atoms with Crippen molar-refractivity contribution in [2.45, 2.75) is 19.4 Å². The lowest BCUT2D eigenvalue weighted by Crippen LogP contribution is -2.29. The molecule has 0 saturated carbocycles. The summed E-state index contributed by atoms with van der Waals surface area (Å²) in [4.78, 5) is 10.8. The molecular weight excluding hydrogens is 272 g/mol. The maximum Gasteiger partial charge on any atom is 0.233 e. The maximum atomic E-state index is 10.8. The van der Waals surface area contributed by atoms with Gasteiger partial charge in [-0.25, -0.2) is 5.84 Å². The summed E-state index contributed by atoms with van der Waals surface area (Å²) in [6.07, 6.45) is 1.08. The van der Waals surface area contributed by atoms with Gasteiger partial charge in [-0.15, -0.1) is 0 Å². The van der Waals surface area contributed by atoms with Crippen LogP contribution in [0.5, 0.6) is 0 Å². The molecule has 16 heavy (non-hydrogen) atoms. The first-order chi connectivity index (χ1) is 7.72. The summed E-state index contributed by atoms with van der Waals surface area (Å²) in [5.74, 6) is 4.79. The van der Waals surface area contributed by atoms with Crippen LogP contribution in [-0.2, 0) is 16.1 Å². The predicted octanol–water partition coefficient (Wildman–Crippen LogP) is 1.74. The summed E-state index contributed by atoms with van der Waals surface area (Å²) in [6.45, 7) is 1.11. The number of amides is 1. The minimum atomic E-state index is -0.161. The van der Waals surface area contributed by atoms with Gasteiger partial charge >= 0.3 is 0 Å². The van der Waals surface area contributed by atoms with E-state index in [1.807, 2.05) is 24.3 Å². The van der Waals surface area contributed by atoms with Crippen molar-refractivity contribution >= 4 is 21.8 Å². The zero-order valence-electron chi connectivity index (χ0n) is 8.91. The smallest absolute Gasteiger partial charge is 0.233 e. The molecule has 0 unspecified atom stereocenters. The van der Waals surface area contributed by atoms with Crippen LogP contribution in [0.1, 0.15) is 18.4 Å². The molecule has 0 heterocycles. The van der Waals surface area contributed by atoms with Gasteiger partial charge in [0.05, 0.1) is 6.61 Å². The Kier molecular flexibility index (Phi) is 6.07. The number of rotatable bonds is 6.